The molecule has 2 aliphatic rings. The second kappa shape index (κ2) is 4.52. The van der Waals surface area contributed by atoms with E-state index in [1.165, 1.54) is 4.90 Å². The van der Waals surface area contributed by atoms with Crippen LogP contribution < -0.4 is 0 Å². The average molecular weight is 230 g/mol. The Kier molecular flexibility index (Phi) is 3.29. The molecule has 0 aromatic carbocycles. The number of hydrogen-bond donors (Lipinski definition) is 0. The van der Waals surface area contributed by atoms with Crippen LogP contribution in [0.1, 0.15) is 32.1 Å². The maximum Gasteiger partial charge on any atom is 0.233 e. The van der Waals surface area contributed by atoms with Gasteiger partial charge in [-0.05, 0) is 19.3 Å². The van der Waals surface area contributed by atoms with Crippen molar-refractivity contribution in [3.05, 3.63) is 0 Å². The van der Waals surface area contributed by atoms with Gasteiger partial charge >= 0.3 is 0 Å². The van der Waals surface area contributed by atoms with E-state index < -0.39 is 0 Å². The number of carbonyl (C=O) groups excluding carboxylic acids is 2. The van der Waals surface area contributed by atoms with Crippen LogP contribution >= 0.6 is 11.6 Å². The molecular formula is C11H16ClNO2. The van der Waals surface area contributed by atoms with E-state index in [0.29, 0.717) is 18.8 Å². The molecule has 0 aromatic heterocycles. The van der Waals surface area contributed by atoms with Crippen LogP contribution in [0.2, 0.25) is 0 Å². The Hall–Kier alpha value is -0.570. The van der Waals surface area contributed by atoms with E-state index in [1.807, 2.05) is 0 Å². The van der Waals surface area contributed by atoms with E-state index in [2.05, 4.69) is 0 Å². The number of hydrogen-bond acceptors (Lipinski definition) is 2. The Morgan fingerprint density at radius 3 is 2.13 bits per heavy atom. The number of nitrogens with zero attached hydrogens (tertiary/aromatic N) is 1. The summed E-state index contributed by atoms with van der Waals surface area (Å²) in [7, 11) is 0. The van der Waals surface area contributed by atoms with Gasteiger partial charge < -0.3 is 0 Å². The first-order valence-corrected chi connectivity index (χ1v) is 6.20. The standard InChI is InChI=1S/C11H16ClNO2/c12-6-3-7-13-10(14)8-4-1-2-5-9(8)11(13)15/h8-9H,1-7H2/t8-,9+. The first-order valence-electron chi connectivity index (χ1n) is 5.67. The normalized spacial score (nSPS) is 30.9. The summed E-state index contributed by atoms with van der Waals surface area (Å²) in [5, 5.41) is 0. The number of carbonyl (C=O) groups is 2. The van der Waals surface area contributed by atoms with Crippen LogP contribution in [-0.4, -0.2) is 29.1 Å². The van der Waals surface area contributed by atoms with Crippen molar-refractivity contribution in [2.45, 2.75) is 32.1 Å². The minimum Gasteiger partial charge on any atom is -0.282 e. The highest BCUT2D eigenvalue weighted by molar-refractivity contribution is 6.17. The number of amides is 2. The zero-order valence-electron chi connectivity index (χ0n) is 8.75. The fourth-order valence-electron chi connectivity index (χ4n) is 2.67. The molecule has 0 spiro atoms. The van der Waals surface area contributed by atoms with Gasteiger partial charge in [-0.25, -0.2) is 0 Å². The summed E-state index contributed by atoms with van der Waals surface area (Å²) < 4.78 is 0. The number of alkyl halides is 1. The largest absolute Gasteiger partial charge is 0.282 e. The third kappa shape index (κ3) is 1.89. The zero-order chi connectivity index (χ0) is 10.8. The monoisotopic (exact) mass is 229 g/mol. The maximum atomic E-state index is 11.9. The van der Waals surface area contributed by atoms with Crippen LogP contribution in [-0.2, 0) is 9.59 Å². The van der Waals surface area contributed by atoms with E-state index in [0.717, 1.165) is 25.7 Å². The van der Waals surface area contributed by atoms with E-state index in [1.54, 1.807) is 0 Å². The summed E-state index contributed by atoms with van der Waals surface area (Å²) in [4.78, 5) is 25.3. The Labute approximate surface area is 94.8 Å². The van der Waals surface area contributed by atoms with E-state index in [4.69, 9.17) is 11.6 Å². The van der Waals surface area contributed by atoms with Crippen molar-refractivity contribution in [3.63, 3.8) is 0 Å². The van der Waals surface area contributed by atoms with Crippen LogP contribution in [0.15, 0.2) is 0 Å². The third-order valence-corrected chi connectivity index (χ3v) is 3.72. The van der Waals surface area contributed by atoms with Crippen molar-refractivity contribution in [2.75, 3.05) is 12.4 Å². The second-order valence-corrected chi connectivity index (χ2v) is 4.75. The molecule has 0 unspecified atom stereocenters. The van der Waals surface area contributed by atoms with Gasteiger partial charge in [0.15, 0.2) is 0 Å². The van der Waals surface area contributed by atoms with Gasteiger partial charge in [0.1, 0.15) is 0 Å². The van der Waals surface area contributed by atoms with Crippen molar-refractivity contribution in [3.8, 4) is 0 Å². The topological polar surface area (TPSA) is 37.4 Å². The van der Waals surface area contributed by atoms with Gasteiger partial charge in [0, 0.05) is 12.4 Å². The zero-order valence-corrected chi connectivity index (χ0v) is 9.50. The number of rotatable bonds is 3. The van der Waals surface area contributed by atoms with Gasteiger partial charge in [-0.2, -0.15) is 0 Å². The van der Waals surface area contributed by atoms with Crippen LogP contribution in [0.5, 0.6) is 0 Å². The predicted octanol–water partition coefficient (Wildman–Crippen LogP) is 1.79. The Bertz CT molecular complexity index is 256. The van der Waals surface area contributed by atoms with Gasteiger partial charge in [0.05, 0.1) is 11.8 Å². The fraction of sp³-hybridized carbons (Fsp3) is 0.818. The summed E-state index contributed by atoms with van der Waals surface area (Å²) in [5.41, 5.74) is 0. The number of likely N-dealkylation sites (tertiary alicyclic amines) is 1. The predicted molar refractivity (Wildman–Crippen MR) is 57.5 cm³/mol. The highest BCUT2D eigenvalue weighted by Gasteiger charge is 2.47. The molecule has 0 aromatic rings. The summed E-state index contributed by atoms with van der Waals surface area (Å²) in [5.74, 6) is 0.583. The molecule has 0 bridgehead atoms. The molecule has 15 heavy (non-hydrogen) atoms. The molecular weight excluding hydrogens is 214 g/mol. The average Bonchev–Trinajstić information content (AvgIpc) is 2.51. The van der Waals surface area contributed by atoms with Crippen molar-refractivity contribution >= 4 is 23.4 Å². The first kappa shape index (κ1) is 10.9. The third-order valence-electron chi connectivity index (χ3n) is 3.45. The fourth-order valence-corrected chi connectivity index (χ4v) is 2.79. The van der Waals surface area contributed by atoms with Gasteiger partial charge in [0.25, 0.3) is 0 Å². The molecule has 84 valence electrons. The molecule has 1 saturated heterocycles. The molecule has 1 saturated carbocycles. The van der Waals surface area contributed by atoms with Gasteiger partial charge in [-0.1, -0.05) is 12.8 Å². The first-order chi connectivity index (χ1) is 7.25. The minimum atomic E-state index is -0.0124. The van der Waals surface area contributed by atoms with Crippen LogP contribution in [0.25, 0.3) is 0 Å². The molecule has 2 atom stereocenters. The maximum absolute atomic E-state index is 11.9. The van der Waals surface area contributed by atoms with Crippen LogP contribution in [0, 0.1) is 11.8 Å². The molecule has 1 aliphatic carbocycles. The summed E-state index contributed by atoms with van der Waals surface area (Å²) in [6, 6.07) is 0. The Morgan fingerprint density at radius 2 is 1.67 bits per heavy atom. The highest BCUT2D eigenvalue weighted by atomic mass is 35.5. The van der Waals surface area contributed by atoms with Gasteiger partial charge in [-0.3, -0.25) is 14.5 Å². The lowest BCUT2D eigenvalue weighted by atomic mass is 9.81. The van der Waals surface area contributed by atoms with E-state index in [-0.39, 0.29) is 23.7 Å². The number of halogens is 1. The molecule has 4 heteroatoms. The molecule has 3 nitrogen and oxygen atoms in total. The molecule has 1 heterocycles. The van der Waals surface area contributed by atoms with E-state index in [9.17, 15) is 9.59 Å². The summed E-state index contributed by atoms with van der Waals surface area (Å²) in [6.45, 7) is 0.508. The van der Waals surface area contributed by atoms with Crippen LogP contribution in [0.4, 0.5) is 0 Å². The number of imide groups is 1. The van der Waals surface area contributed by atoms with Crippen molar-refractivity contribution in [1.82, 2.24) is 4.90 Å². The Balaban J connectivity index is 2.07. The van der Waals surface area contributed by atoms with Crippen molar-refractivity contribution < 1.29 is 9.59 Å². The lowest BCUT2D eigenvalue weighted by Gasteiger charge is -2.19. The molecule has 0 radical (unpaired) electrons. The van der Waals surface area contributed by atoms with Crippen molar-refractivity contribution in [2.24, 2.45) is 11.8 Å². The summed E-state index contributed by atoms with van der Waals surface area (Å²) in [6.07, 6.45) is 4.67. The second-order valence-electron chi connectivity index (χ2n) is 4.37. The van der Waals surface area contributed by atoms with Crippen LogP contribution in [0.3, 0.4) is 0 Å². The molecule has 0 N–H and O–H groups in total. The Morgan fingerprint density at radius 1 is 1.13 bits per heavy atom. The molecule has 2 rings (SSSR count). The lowest BCUT2D eigenvalue weighted by Crippen LogP contribution is -2.32. The number of fused-ring (bicyclic) bond motifs is 1. The highest BCUT2D eigenvalue weighted by Crippen LogP contribution is 2.37. The molecule has 1 aliphatic heterocycles. The summed E-state index contributed by atoms with van der Waals surface area (Å²) >= 11 is 5.58. The van der Waals surface area contributed by atoms with Crippen molar-refractivity contribution in [1.29, 1.82) is 0 Å². The van der Waals surface area contributed by atoms with E-state index >= 15 is 0 Å². The smallest absolute Gasteiger partial charge is 0.233 e. The lowest BCUT2D eigenvalue weighted by molar-refractivity contribution is -0.139. The van der Waals surface area contributed by atoms with Gasteiger partial charge in [0.2, 0.25) is 11.8 Å². The molecule has 2 amide bonds. The SMILES string of the molecule is O=C1[C@H]2CCCC[C@H]2C(=O)N1CCCCl. The van der Waals surface area contributed by atoms with Gasteiger partial charge in [-0.15, -0.1) is 11.6 Å². The quantitative estimate of drug-likeness (QED) is 0.547. The minimum absolute atomic E-state index is 0.0124. The molecule has 2 fully saturated rings.